The Morgan fingerprint density at radius 2 is 2.42 bits per heavy atom. The largest absolute Gasteiger partial charge is 0.429 e. The van der Waals surface area contributed by atoms with Crippen molar-refractivity contribution in [2.75, 3.05) is 7.11 Å². The number of hydrogen-bond acceptors (Lipinski definition) is 4. The number of esters is 1. The molecule has 0 radical (unpaired) electrons. The summed E-state index contributed by atoms with van der Waals surface area (Å²) in [6.07, 6.45) is 2.60. The Balaban J connectivity index is 3.91. The average molecular weight is 167 g/mol. The van der Waals surface area contributed by atoms with Gasteiger partial charge in [-0.25, -0.2) is 4.79 Å². The second-order valence-corrected chi connectivity index (χ2v) is 1.74. The van der Waals surface area contributed by atoms with E-state index in [9.17, 15) is 4.79 Å². The molecule has 12 heavy (non-hydrogen) atoms. The number of carbonyl (C=O) groups is 1. The average Bonchev–Trinajstić information content (AvgIpc) is 2.10. The molecule has 0 amide bonds. The summed E-state index contributed by atoms with van der Waals surface area (Å²) < 4.78 is 9.31. The molecule has 0 saturated heterocycles. The van der Waals surface area contributed by atoms with E-state index in [1.54, 1.807) is 6.07 Å². The Bertz CT molecular complexity index is 227. The number of allylic oxidation sites excluding steroid dienone is 1. The smallest absolute Gasteiger partial charge is 0.334 e. The fourth-order valence-electron chi connectivity index (χ4n) is 0.452. The van der Waals surface area contributed by atoms with Crippen molar-refractivity contribution in [2.24, 2.45) is 0 Å². The second-order valence-electron chi connectivity index (χ2n) is 1.74. The van der Waals surface area contributed by atoms with Gasteiger partial charge in [0, 0.05) is 19.3 Å². The first kappa shape index (κ1) is 10.4. The Morgan fingerprint density at radius 1 is 1.75 bits per heavy atom. The molecular formula is C8H9NO3. The predicted molar refractivity (Wildman–Crippen MR) is 41.8 cm³/mol. The van der Waals surface area contributed by atoms with Gasteiger partial charge in [0.1, 0.15) is 0 Å². The predicted octanol–water partition coefficient (Wildman–Crippen LogP) is 0.768. The van der Waals surface area contributed by atoms with E-state index in [4.69, 9.17) is 5.26 Å². The summed E-state index contributed by atoms with van der Waals surface area (Å²) in [4.78, 5) is 10.7. The van der Waals surface area contributed by atoms with E-state index < -0.39 is 12.3 Å². The van der Waals surface area contributed by atoms with Crippen LogP contribution in [0, 0.1) is 11.3 Å². The van der Waals surface area contributed by atoms with Crippen molar-refractivity contribution in [1.29, 1.82) is 5.26 Å². The Morgan fingerprint density at radius 3 is 2.83 bits per heavy atom. The molecular weight excluding hydrogens is 158 g/mol. The molecule has 0 saturated carbocycles. The van der Waals surface area contributed by atoms with Gasteiger partial charge >= 0.3 is 5.97 Å². The molecule has 0 aromatic rings. The summed E-state index contributed by atoms with van der Waals surface area (Å²) in [5.74, 6) is -0.636. The zero-order chi connectivity index (χ0) is 9.40. The molecule has 64 valence electrons. The first-order valence-corrected chi connectivity index (χ1v) is 3.16. The standard InChI is InChI=1S/C8H9NO3/c1-3-8(11-2)12-7(10)5-4-6-9/h3-5,8H,1H2,2H3. The maximum Gasteiger partial charge on any atom is 0.334 e. The summed E-state index contributed by atoms with van der Waals surface area (Å²) in [6.45, 7) is 3.37. The van der Waals surface area contributed by atoms with Crippen molar-refractivity contribution in [1.82, 2.24) is 0 Å². The normalized spacial score (nSPS) is 12.0. The highest BCUT2D eigenvalue weighted by molar-refractivity contribution is 5.82. The molecule has 1 unspecified atom stereocenters. The lowest BCUT2D eigenvalue weighted by Gasteiger charge is -2.08. The fourth-order valence-corrected chi connectivity index (χ4v) is 0.452. The van der Waals surface area contributed by atoms with Crippen molar-refractivity contribution in [3.63, 3.8) is 0 Å². The maximum atomic E-state index is 10.7. The van der Waals surface area contributed by atoms with Crippen LogP contribution in [0.2, 0.25) is 0 Å². The number of hydrogen-bond donors (Lipinski definition) is 0. The van der Waals surface area contributed by atoms with E-state index in [2.05, 4.69) is 16.1 Å². The Labute approximate surface area is 70.7 Å². The number of ether oxygens (including phenoxy) is 2. The molecule has 0 aliphatic rings. The minimum atomic E-state index is -0.763. The Hall–Kier alpha value is -1.60. The van der Waals surface area contributed by atoms with E-state index in [0.29, 0.717) is 0 Å². The summed E-state index contributed by atoms with van der Waals surface area (Å²) in [6, 6.07) is 1.66. The third-order valence-electron chi connectivity index (χ3n) is 0.951. The highest BCUT2D eigenvalue weighted by Crippen LogP contribution is 1.94. The first-order valence-electron chi connectivity index (χ1n) is 3.16. The van der Waals surface area contributed by atoms with Crippen LogP contribution in [-0.2, 0) is 14.3 Å². The first-order chi connectivity index (χ1) is 5.74. The number of methoxy groups -OCH3 is 1. The molecule has 0 aromatic heterocycles. The van der Waals surface area contributed by atoms with E-state index >= 15 is 0 Å². The molecule has 0 heterocycles. The van der Waals surface area contributed by atoms with Gasteiger partial charge in [0.15, 0.2) is 0 Å². The Kier molecular flexibility index (Phi) is 5.31. The van der Waals surface area contributed by atoms with Gasteiger partial charge in [0.2, 0.25) is 6.29 Å². The number of nitrogens with zero attached hydrogens (tertiary/aromatic N) is 1. The van der Waals surface area contributed by atoms with Crippen LogP contribution in [0.3, 0.4) is 0 Å². The van der Waals surface area contributed by atoms with Crippen molar-refractivity contribution in [3.8, 4) is 6.07 Å². The molecule has 0 aromatic carbocycles. The summed E-state index contributed by atoms with van der Waals surface area (Å²) in [7, 11) is 1.38. The van der Waals surface area contributed by atoms with Crippen molar-refractivity contribution in [2.45, 2.75) is 6.29 Å². The van der Waals surface area contributed by atoms with E-state index in [0.717, 1.165) is 12.2 Å². The van der Waals surface area contributed by atoms with E-state index in [1.807, 2.05) is 0 Å². The molecule has 0 aliphatic heterocycles. The fraction of sp³-hybridized carbons (Fsp3) is 0.250. The third-order valence-corrected chi connectivity index (χ3v) is 0.951. The SMILES string of the molecule is C=CC(OC)OC(=O)C=CC#N. The van der Waals surface area contributed by atoms with Crippen molar-refractivity contribution < 1.29 is 14.3 Å². The number of carbonyl (C=O) groups excluding carboxylic acids is 1. The molecule has 0 spiro atoms. The second kappa shape index (κ2) is 6.13. The zero-order valence-corrected chi connectivity index (χ0v) is 6.69. The van der Waals surface area contributed by atoms with Crippen LogP contribution in [0.25, 0.3) is 0 Å². The van der Waals surface area contributed by atoms with E-state index in [1.165, 1.54) is 13.2 Å². The van der Waals surface area contributed by atoms with Crippen LogP contribution in [0.15, 0.2) is 24.8 Å². The van der Waals surface area contributed by atoms with Gasteiger partial charge in [-0.15, -0.1) is 0 Å². The quantitative estimate of drug-likeness (QED) is 0.204. The van der Waals surface area contributed by atoms with Crippen LogP contribution < -0.4 is 0 Å². The van der Waals surface area contributed by atoms with Crippen LogP contribution in [0.5, 0.6) is 0 Å². The highest BCUT2D eigenvalue weighted by atomic mass is 16.7. The lowest BCUT2D eigenvalue weighted by atomic mass is 10.5. The van der Waals surface area contributed by atoms with Gasteiger partial charge in [-0.2, -0.15) is 5.26 Å². The lowest BCUT2D eigenvalue weighted by molar-refractivity contribution is -0.158. The molecule has 0 bridgehead atoms. The third kappa shape index (κ3) is 4.25. The van der Waals surface area contributed by atoms with Crippen LogP contribution >= 0.6 is 0 Å². The minimum Gasteiger partial charge on any atom is -0.429 e. The molecule has 4 nitrogen and oxygen atoms in total. The van der Waals surface area contributed by atoms with Crippen molar-refractivity contribution in [3.05, 3.63) is 24.8 Å². The molecule has 0 rings (SSSR count). The monoisotopic (exact) mass is 167 g/mol. The number of rotatable bonds is 4. The molecule has 4 heteroatoms. The summed E-state index contributed by atoms with van der Waals surface area (Å²) >= 11 is 0. The van der Waals surface area contributed by atoms with Gasteiger partial charge in [-0.05, 0) is 6.08 Å². The van der Waals surface area contributed by atoms with Crippen molar-refractivity contribution >= 4 is 5.97 Å². The molecule has 0 aliphatic carbocycles. The summed E-state index contributed by atoms with van der Waals surface area (Å²) in [5, 5.41) is 8.07. The minimum absolute atomic E-state index is 0.636. The topological polar surface area (TPSA) is 59.3 Å². The maximum absolute atomic E-state index is 10.7. The number of nitriles is 1. The summed E-state index contributed by atoms with van der Waals surface area (Å²) in [5.41, 5.74) is 0. The van der Waals surface area contributed by atoms with Gasteiger partial charge in [-0.1, -0.05) is 6.58 Å². The molecule has 0 N–H and O–H groups in total. The van der Waals surface area contributed by atoms with Gasteiger partial charge < -0.3 is 9.47 Å². The molecule has 0 fully saturated rings. The van der Waals surface area contributed by atoms with Gasteiger partial charge in [-0.3, -0.25) is 0 Å². The van der Waals surface area contributed by atoms with Crippen LogP contribution in [0.4, 0.5) is 0 Å². The van der Waals surface area contributed by atoms with E-state index in [-0.39, 0.29) is 0 Å². The van der Waals surface area contributed by atoms with Gasteiger partial charge in [0.05, 0.1) is 6.07 Å². The lowest BCUT2D eigenvalue weighted by Crippen LogP contribution is -2.15. The molecule has 1 atom stereocenters. The van der Waals surface area contributed by atoms with Crippen LogP contribution in [0.1, 0.15) is 0 Å². The zero-order valence-electron chi connectivity index (χ0n) is 6.69. The van der Waals surface area contributed by atoms with Crippen LogP contribution in [-0.4, -0.2) is 19.4 Å². The highest BCUT2D eigenvalue weighted by Gasteiger charge is 2.05. The van der Waals surface area contributed by atoms with Gasteiger partial charge in [0.25, 0.3) is 0 Å².